The minimum atomic E-state index is 0.942. The van der Waals surface area contributed by atoms with Crippen LogP contribution in [0, 0.1) is 0 Å². The number of fused-ring (bicyclic) bond motifs is 6. The van der Waals surface area contributed by atoms with Crippen molar-refractivity contribution >= 4 is 55.3 Å². The molecule has 0 unspecified atom stereocenters. The summed E-state index contributed by atoms with van der Waals surface area (Å²) in [6.07, 6.45) is 2.36. The first-order chi connectivity index (χ1) is 21.7. The maximum Gasteiger partial charge on any atom is 0.0491 e. The lowest BCUT2D eigenvalue weighted by Crippen LogP contribution is -1.94. The van der Waals surface area contributed by atoms with Gasteiger partial charge in [0.25, 0.3) is 0 Å². The lowest BCUT2D eigenvalue weighted by molar-refractivity contribution is 0.827. The van der Waals surface area contributed by atoms with Gasteiger partial charge in [0.2, 0.25) is 0 Å². The maximum atomic E-state index is 2.42. The van der Waals surface area contributed by atoms with Gasteiger partial charge in [0.05, 0.1) is 0 Å². The third kappa shape index (κ3) is 4.26. The van der Waals surface area contributed by atoms with Gasteiger partial charge in [0.1, 0.15) is 0 Å². The van der Waals surface area contributed by atoms with Crippen molar-refractivity contribution in [2.24, 2.45) is 0 Å². The molecule has 0 amide bonds. The molecule has 44 heavy (non-hydrogen) atoms. The molecule has 0 saturated carbocycles. The topological polar surface area (TPSA) is 9.86 Å². The molecule has 2 heterocycles. The highest BCUT2D eigenvalue weighted by atomic mass is 15.0. The predicted octanol–water partition coefficient (Wildman–Crippen LogP) is 11.2. The van der Waals surface area contributed by atoms with E-state index in [1.807, 2.05) is 0 Å². The standard InChI is InChI=1S/C42H34N2/c1-3-43-39-16-10-8-14-34(39)37-27-32(22-24-41(37)43)36(26-29-18-20-31(21-19-29)30-12-6-5-7-13-30)33-23-25-42-38(28-33)35-15-9-11-17-40(35)44(42)4-2/h5-28H,3-4H2,1-2H3. The molecule has 0 aliphatic rings. The molecule has 2 aromatic heterocycles. The molecule has 0 radical (unpaired) electrons. The Morgan fingerprint density at radius 2 is 0.909 bits per heavy atom. The van der Waals surface area contributed by atoms with E-state index in [-0.39, 0.29) is 0 Å². The summed E-state index contributed by atoms with van der Waals surface area (Å²) in [6.45, 7) is 6.34. The van der Waals surface area contributed by atoms with Crippen LogP contribution in [0.1, 0.15) is 30.5 Å². The Balaban J connectivity index is 1.34. The summed E-state index contributed by atoms with van der Waals surface area (Å²) in [4.78, 5) is 0. The minimum absolute atomic E-state index is 0.942. The summed E-state index contributed by atoms with van der Waals surface area (Å²) in [5, 5.41) is 5.21. The third-order valence-electron chi connectivity index (χ3n) is 9.13. The van der Waals surface area contributed by atoms with Gasteiger partial charge in [-0.05, 0) is 89.7 Å². The number of aryl methyl sites for hydroxylation is 2. The highest BCUT2D eigenvalue weighted by molar-refractivity contribution is 6.12. The first-order valence-electron chi connectivity index (χ1n) is 15.6. The van der Waals surface area contributed by atoms with E-state index in [1.54, 1.807) is 0 Å². The first kappa shape index (κ1) is 26.3. The van der Waals surface area contributed by atoms with Crippen LogP contribution in [0.5, 0.6) is 0 Å². The molecule has 212 valence electrons. The van der Waals surface area contributed by atoms with Crippen molar-refractivity contribution < 1.29 is 0 Å². The molecule has 0 bridgehead atoms. The van der Waals surface area contributed by atoms with Crippen LogP contribution in [0.4, 0.5) is 0 Å². The van der Waals surface area contributed by atoms with Gasteiger partial charge in [-0.3, -0.25) is 0 Å². The van der Waals surface area contributed by atoms with E-state index in [2.05, 4.69) is 169 Å². The molecule has 0 aliphatic heterocycles. The van der Waals surface area contributed by atoms with Crippen LogP contribution in [0.25, 0.3) is 66.4 Å². The summed E-state index contributed by atoms with van der Waals surface area (Å²) in [6, 6.07) is 51.1. The van der Waals surface area contributed by atoms with E-state index in [9.17, 15) is 0 Å². The summed E-state index contributed by atoms with van der Waals surface area (Å²) in [5.74, 6) is 0. The molecule has 0 spiro atoms. The Morgan fingerprint density at radius 3 is 1.43 bits per heavy atom. The average Bonchev–Trinajstić information content (AvgIpc) is 3.59. The van der Waals surface area contributed by atoms with Gasteiger partial charge in [-0.15, -0.1) is 0 Å². The summed E-state index contributed by atoms with van der Waals surface area (Å²) < 4.78 is 4.84. The van der Waals surface area contributed by atoms with E-state index in [1.165, 1.54) is 77.0 Å². The number of aromatic nitrogens is 2. The van der Waals surface area contributed by atoms with E-state index in [0.29, 0.717) is 0 Å². The predicted molar refractivity (Wildman–Crippen MR) is 189 cm³/mol. The van der Waals surface area contributed by atoms with Crippen molar-refractivity contribution in [2.45, 2.75) is 26.9 Å². The molecule has 0 N–H and O–H groups in total. The van der Waals surface area contributed by atoms with Crippen LogP contribution in [0.15, 0.2) is 140 Å². The molecule has 0 fully saturated rings. The van der Waals surface area contributed by atoms with E-state index in [0.717, 1.165) is 13.1 Å². The smallest absolute Gasteiger partial charge is 0.0491 e. The molecule has 0 aliphatic carbocycles. The van der Waals surface area contributed by atoms with Crippen molar-refractivity contribution in [3.8, 4) is 11.1 Å². The van der Waals surface area contributed by atoms with Crippen molar-refractivity contribution in [1.29, 1.82) is 0 Å². The van der Waals surface area contributed by atoms with Crippen LogP contribution in [0.3, 0.4) is 0 Å². The maximum absolute atomic E-state index is 2.42. The molecular formula is C42H34N2. The Morgan fingerprint density at radius 1 is 0.455 bits per heavy atom. The van der Waals surface area contributed by atoms with Crippen molar-refractivity contribution in [3.63, 3.8) is 0 Å². The number of nitrogens with zero attached hydrogens (tertiary/aromatic N) is 2. The number of rotatable bonds is 6. The second-order valence-electron chi connectivity index (χ2n) is 11.5. The fourth-order valence-electron chi connectivity index (χ4n) is 7.03. The molecule has 0 saturated heterocycles. The lowest BCUT2D eigenvalue weighted by atomic mass is 9.93. The second-order valence-corrected chi connectivity index (χ2v) is 11.5. The first-order valence-corrected chi connectivity index (χ1v) is 15.6. The highest BCUT2D eigenvalue weighted by Crippen LogP contribution is 2.37. The van der Waals surface area contributed by atoms with Crippen LogP contribution >= 0.6 is 0 Å². The molecule has 0 atom stereocenters. The van der Waals surface area contributed by atoms with Gasteiger partial charge in [-0.25, -0.2) is 0 Å². The fourth-order valence-corrected chi connectivity index (χ4v) is 7.03. The van der Waals surface area contributed by atoms with Gasteiger partial charge in [0, 0.05) is 56.7 Å². The molecule has 8 aromatic rings. The zero-order chi connectivity index (χ0) is 29.6. The van der Waals surface area contributed by atoms with Crippen LogP contribution < -0.4 is 0 Å². The summed E-state index contributed by atoms with van der Waals surface area (Å²) in [7, 11) is 0. The highest BCUT2D eigenvalue weighted by Gasteiger charge is 2.15. The third-order valence-corrected chi connectivity index (χ3v) is 9.13. The Hall–Kier alpha value is -5.34. The molecule has 2 heteroatoms. The number of hydrogen-bond donors (Lipinski definition) is 0. The summed E-state index contributed by atoms with van der Waals surface area (Å²) in [5.41, 5.74) is 12.5. The van der Waals surface area contributed by atoms with Crippen LogP contribution in [-0.4, -0.2) is 9.13 Å². The van der Waals surface area contributed by atoms with Crippen LogP contribution in [-0.2, 0) is 13.1 Å². The zero-order valence-corrected chi connectivity index (χ0v) is 25.2. The van der Waals surface area contributed by atoms with Gasteiger partial charge < -0.3 is 9.13 Å². The van der Waals surface area contributed by atoms with Gasteiger partial charge >= 0.3 is 0 Å². The quantitative estimate of drug-likeness (QED) is 0.177. The largest absolute Gasteiger partial charge is 0.341 e. The zero-order valence-electron chi connectivity index (χ0n) is 25.2. The second kappa shape index (κ2) is 10.7. The Kier molecular flexibility index (Phi) is 6.42. The van der Waals surface area contributed by atoms with Crippen molar-refractivity contribution in [1.82, 2.24) is 9.13 Å². The fraction of sp³-hybridized carbons (Fsp3) is 0.0952. The minimum Gasteiger partial charge on any atom is -0.341 e. The monoisotopic (exact) mass is 566 g/mol. The van der Waals surface area contributed by atoms with Crippen molar-refractivity contribution in [3.05, 3.63) is 156 Å². The average molecular weight is 567 g/mol. The molecule has 6 aromatic carbocycles. The van der Waals surface area contributed by atoms with Gasteiger partial charge in [0.15, 0.2) is 0 Å². The number of hydrogen-bond acceptors (Lipinski definition) is 0. The molecular weight excluding hydrogens is 532 g/mol. The van der Waals surface area contributed by atoms with E-state index in [4.69, 9.17) is 0 Å². The lowest BCUT2D eigenvalue weighted by Gasteiger charge is -2.12. The van der Waals surface area contributed by atoms with E-state index >= 15 is 0 Å². The number of benzene rings is 6. The molecule has 8 rings (SSSR count). The van der Waals surface area contributed by atoms with Crippen molar-refractivity contribution in [2.75, 3.05) is 0 Å². The van der Waals surface area contributed by atoms with E-state index < -0.39 is 0 Å². The van der Waals surface area contributed by atoms with Gasteiger partial charge in [-0.2, -0.15) is 0 Å². The van der Waals surface area contributed by atoms with Crippen LogP contribution in [0.2, 0.25) is 0 Å². The normalized spacial score (nSPS) is 11.6. The summed E-state index contributed by atoms with van der Waals surface area (Å²) >= 11 is 0. The SMILES string of the molecule is CCn1c2ccccc2c2cc(C(=Cc3ccc(-c4ccccc4)cc3)c3ccc4c(c3)c3ccccc3n4CC)ccc21. The van der Waals surface area contributed by atoms with Gasteiger partial charge in [-0.1, -0.05) is 103 Å². The Labute approximate surface area is 258 Å². The number of para-hydroxylation sites is 2. The Bertz CT molecular complexity index is 2210. The molecule has 2 nitrogen and oxygen atoms in total.